The van der Waals surface area contributed by atoms with Crippen LogP contribution < -0.4 is 15.4 Å². The van der Waals surface area contributed by atoms with E-state index in [1.807, 2.05) is 42.5 Å². The third kappa shape index (κ3) is 4.99. The quantitative estimate of drug-likeness (QED) is 0.641. The van der Waals surface area contributed by atoms with Crippen LogP contribution >= 0.6 is 11.6 Å². The van der Waals surface area contributed by atoms with Gasteiger partial charge in [-0.05, 0) is 29.8 Å². The molecule has 0 spiro atoms. The van der Waals surface area contributed by atoms with Crippen molar-refractivity contribution in [2.45, 2.75) is 13.1 Å². The van der Waals surface area contributed by atoms with Gasteiger partial charge in [0.15, 0.2) is 0 Å². The maximum Gasteiger partial charge on any atom is 0.253 e. The van der Waals surface area contributed by atoms with E-state index in [9.17, 15) is 4.79 Å². The number of rotatable bonds is 7. The Morgan fingerprint density at radius 2 is 1.74 bits per heavy atom. The van der Waals surface area contributed by atoms with E-state index in [0.29, 0.717) is 29.5 Å². The average Bonchev–Trinajstić information content (AvgIpc) is 2.72. The standard InChI is InChI=1S/C21H20ClN3O2/c1-27-19-9-5-3-7-16(19)13-23-20-11-10-17(14-24-20)21(26)25-12-15-6-2-4-8-18(15)22/h2-11,14H,12-13H2,1H3,(H,23,24)(H,25,26). The molecule has 0 bridgehead atoms. The number of benzene rings is 2. The lowest BCUT2D eigenvalue weighted by molar-refractivity contribution is 0.0950. The number of carbonyl (C=O) groups is 1. The maximum atomic E-state index is 12.3. The van der Waals surface area contributed by atoms with Gasteiger partial charge < -0.3 is 15.4 Å². The predicted octanol–water partition coefficient (Wildman–Crippen LogP) is 4.29. The fourth-order valence-electron chi connectivity index (χ4n) is 2.59. The number of aromatic nitrogens is 1. The Bertz CT molecular complexity index is 913. The molecule has 2 N–H and O–H groups in total. The van der Waals surface area contributed by atoms with Crippen LogP contribution in [0.4, 0.5) is 5.82 Å². The molecule has 27 heavy (non-hydrogen) atoms. The zero-order valence-electron chi connectivity index (χ0n) is 14.9. The highest BCUT2D eigenvalue weighted by atomic mass is 35.5. The molecular weight excluding hydrogens is 362 g/mol. The van der Waals surface area contributed by atoms with E-state index in [1.165, 1.54) is 0 Å². The summed E-state index contributed by atoms with van der Waals surface area (Å²) in [6.45, 7) is 0.946. The number of anilines is 1. The topological polar surface area (TPSA) is 63.2 Å². The number of pyridine rings is 1. The number of hydrogen-bond donors (Lipinski definition) is 2. The highest BCUT2D eigenvalue weighted by Crippen LogP contribution is 2.18. The van der Waals surface area contributed by atoms with E-state index < -0.39 is 0 Å². The van der Waals surface area contributed by atoms with Gasteiger partial charge in [-0.2, -0.15) is 0 Å². The zero-order chi connectivity index (χ0) is 19.1. The number of hydrogen-bond acceptors (Lipinski definition) is 4. The molecule has 0 radical (unpaired) electrons. The number of ether oxygens (including phenoxy) is 1. The lowest BCUT2D eigenvalue weighted by atomic mass is 10.2. The highest BCUT2D eigenvalue weighted by molar-refractivity contribution is 6.31. The van der Waals surface area contributed by atoms with Gasteiger partial charge in [0.2, 0.25) is 0 Å². The summed E-state index contributed by atoms with van der Waals surface area (Å²) in [5.41, 5.74) is 2.39. The van der Waals surface area contributed by atoms with Crippen molar-refractivity contribution in [3.8, 4) is 5.75 Å². The highest BCUT2D eigenvalue weighted by Gasteiger charge is 2.08. The van der Waals surface area contributed by atoms with Crippen molar-refractivity contribution in [3.05, 3.63) is 88.6 Å². The van der Waals surface area contributed by atoms with E-state index in [-0.39, 0.29) is 5.91 Å². The summed E-state index contributed by atoms with van der Waals surface area (Å²) in [5, 5.41) is 6.71. The molecule has 1 aromatic heterocycles. The van der Waals surface area contributed by atoms with Gasteiger partial charge in [-0.25, -0.2) is 4.98 Å². The van der Waals surface area contributed by atoms with Crippen LogP contribution in [0.5, 0.6) is 5.75 Å². The second kappa shape index (κ2) is 9.05. The van der Waals surface area contributed by atoms with Crippen LogP contribution in [-0.2, 0) is 13.1 Å². The van der Waals surface area contributed by atoms with Gasteiger partial charge in [0.25, 0.3) is 5.91 Å². The van der Waals surface area contributed by atoms with Gasteiger partial charge >= 0.3 is 0 Å². The van der Waals surface area contributed by atoms with Crippen LogP contribution in [-0.4, -0.2) is 18.0 Å². The van der Waals surface area contributed by atoms with Crippen molar-refractivity contribution in [1.82, 2.24) is 10.3 Å². The van der Waals surface area contributed by atoms with Gasteiger partial charge in [-0.1, -0.05) is 48.0 Å². The van der Waals surface area contributed by atoms with Crippen molar-refractivity contribution in [3.63, 3.8) is 0 Å². The van der Waals surface area contributed by atoms with Crippen molar-refractivity contribution < 1.29 is 9.53 Å². The van der Waals surface area contributed by atoms with Crippen LogP contribution in [0.15, 0.2) is 66.9 Å². The van der Waals surface area contributed by atoms with Crippen LogP contribution in [0.1, 0.15) is 21.5 Å². The second-order valence-electron chi connectivity index (χ2n) is 5.87. The van der Waals surface area contributed by atoms with Gasteiger partial charge in [0.1, 0.15) is 11.6 Å². The number of para-hydroxylation sites is 1. The van der Waals surface area contributed by atoms with Crippen LogP contribution in [0.2, 0.25) is 5.02 Å². The first kappa shape index (κ1) is 18.7. The molecule has 0 aliphatic carbocycles. The number of nitrogens with zero attached hydrogens (tertiary/aromatic N) is 1. The minimum absolute atomic E-state index is 0.196. The molecule has 1 amide bonds. The Kier molecular flexibility index (Phi) is 6.28. The lowest BCUT2D eigenvalue weighted by Crippen LogP contribution is -2.23. The number of halogens is 1. The van der Waals surface area contributed by atoms with Gasteiger partial charge in [0, 0.05) is 29.9 Å². The van der Waals surface area contributed by atoms with Crippen molar-refractivity contribution >= 4 is 23.3 Å². The molecule has 138 valence electrons. The van der Waals surface area contributed by atoms with E-state index in [4.69, 9.17) is 16.3 Å². The maximum absolute atomic E-state index is 12.3. The van der Waals surface area contributed by atoms with E-state index in [2.05, 4.69) is 15.6 Å². The molecule has 3 rings (SSSR count). The molecular formula is C21H20ClN3O2. The van der Waals surface area contributed by atoms with E-state index >= 15 is 0 Å². The van der Waals surface area contributed by atoms with Gasteiger partial charge in [-0.15, -0.1) is 0 Å². The summed E-state index contributed by atoms with van der Waals surface area (Å²) in [6, 6.07) is 18.7. The molecule has 0 saturated heterocycles. The zero-order valence-corrected chi connectivity index (χ0v) is 15.7. The normalized spacial score (nSPS) is 10.3. The van der Waals surface area contributed by atoms with Gasteiger partial charge in [0.05, 0.1) is 12.7 Å². The molecule has 0 fully saturated rings. The third-order valence-electron chi connectivity index (χ3n) is 4.08. The van der Waals surface area contributed by atoms with Crippen molar-refractivity contribution in [1.29, 1.82) is 0 Å². The number of amides is 1. The largest absolute Gasteiger partial charge is 0.496 e. The Balaban J connectivity index is 1.56. The van der Waals surface area contributed by atoms with E-state index in [1.54, 1.807) is 31.5 Å². The molecule has 0 aliphatic rings. The summed E-state index contributed by atoms with van der Waals surface area (Å²) in [7, 11) is 1.65. The number of nitrogens with one attached hydrogen (secondary N) is 2. The predicted molar refractivity (Wildman–Crippen MR) is 107 cm³/mol. The molecule has 2 aromatic carbocycles. The second-order valence-corrected chi connectivity index (χ2v) is 6.28. The molecule has 6 heteroatoms. The summed E-state index contributed by atoms with van der Waals surface area (Å²) in [5.74, 6) is 1.31. The molecule has 0 aliphatic heterocycles. The molecule has 0 unspecified atom stereocenters. The van der Waals surface area contributed by atoms with Crippen molar-refractivity contribution in [2.75, 3.05) is 12.4 Å². The molecule has 5 nitrogen and oxygen atoms in total. The Labute approximate surface area is 163 Å². The lowest BCUT2D eigenvalue weighted by Gasteiger charge is -2.10. The minimum atomic E-state index is -0.196. The van der Waals surface area contributed by atoms with Crippen LogP contribution in [0.25, 0.3) is 0 Å². The smallest absolute Gasteiger partial charge is 0.253 e. The SMILES string of the molecule is COc1ccccc1CNc1ccc(C(=O)NCc2ccccc2Cl)cn1. The first-order chi connectivity index (χ1) is 13.2. The Hall–Kier alpha value is -3.05. The monoisotopic (exact) mass is 381 g/mol. The van der Waals surface area contributed by atoms with Crippen LogP contribution in [0.3, 0.4) is 0 Å². The molecule has 0 saturated carbocycles. The molecule has 1 heterocycles. The van der Waals surface area contributed by atoms with Crippen molar-refractivity contribution in [2.24, 2.45) is 0 Å². The van der Waals surface area contributed by atoms with Crippen LogP contribution in [0, 0.1) is 0 Å². The van der Waals surface area contributed by atoms with Gasteiger partial charge in [-0.3, -0.25) is 4.79 Å². The fraction of sp³-hybridized carbons (Fsp3) is 0.143. The Morgan fingerprint density at radius 3 is 2.44 bits per heavy atom. The molecule has 3 aromatic rings. The first-order valence-electron chi connectivity index (χ1n) is 8.51. The number of methoxy groups -OCH3 is 1. The third-order valence-corrected chi connectivity index (χ3v) is 4.44. The fourth-order valence-corrected chi connectivity index (χ4v) is 2.79. The minimum Gasteiger partial charge on any atom is -0.496 e. The number of carbonyl (C=O) groups excluding carboxylic acids is 1. The summed E-state index contributed by atoms with van der Waals surface area (Å²) in [6.07, 6.45) is 1.55. The average molecular weight is 382 g/mol. The molecule has 0 atom stereocenters. The summed E-state index contributed by atoms with van der Waals surface area (Å²) >= 11 is 6.10. The first-order valence-corrected chi connectivity index (χ1v) is 8.88. The summed E-state index contributed by atoms with van der Waals surface area (Å²) in [4.78, 5) is 16.6. The Morgan fingerprint density at radius 1 is 1.00 bits per heavy atom. The summed E-state index contributed by atoms with van der Waals surface area (Å²) < 4.78 is 5.33. The van der Waals surface area contributed by atoms with E-state index in [0.717, 1.165) is 16.9 Å².